The average molecular weight is 400 g/mol. The van der Waals surface area contributed by atoms with E-state index in [1.165, 1.54) is 0 Å². The van der Waals surface area contributed by atoms with Crippen molar-refractivity contribution in [2.45, 2.75) is 32.1 Å². The largest absolute Gasteiger partial charge is 0.356 e. The van der Waals surface area contributed by atoms with E-state index in [1.54, 1.807) is 6.20 Å². The van der Waals surface area contributed by atoms with Gasteiger partial charge in [-0.1, -0.05) is 29.8 Å². The summed E-state index contributed by atoms with van der Waals surface area (Å²) in [6.45, 7) is 1.76. The number of likely N-dealkylation sites (tertiary alicyclic amines) is 1. The van der Waals surface area contributed by atoms with Gasteiger partial charge in [0.15, 0.2) is 0 Å². The third-order valence-electron chi connectivity index (χ3n) is 5.09. The summed E-state index contributed by atoms with van der Waals surface area (Å²) in [4.78, 5) is 30.8. The summed E-state index contributed by atoms with van der Waals surface area (Å²) in [6, 6.07) is 13.5. The second-order valence-electron chi connectivity index (χ2n) is 7.17. The lowest BCUT2D eigenvalue weighted by atomic mass is 9.96. The third-order valence-corrected chi connectivity index (χ3v) is 5.34. The molecule has 1 atom stereocenters. The molecule has 2 heterocycles. The molecule has 0 radical (unpaired) electrons. The number of hydrogen-bond acceptors (Lipinski definition) is 3. The number of hydrogen-bond donors (Lipinski definition) is 1. The highest BCUT2D eigenvalue weighted by atomic mass is 35.5. The van der Waals surface area contributed by atoms with Crippen molar-refractivity contribution in [3.8, 4) is 0 Å². The summed E-state index contributed by atoms with van der Waals surface area (Å²) >= 11 is 5.91. The van der Waals surface area contributed by atoms with Crippen LogP contribution in [0, 0.1) is 5.92 Å². The van der Waals surface area contributed by atoms with E-state index in [9.17, 15) is 9.59 Å². The Morgan fingerprint density at radius 2 is 2.00 bits per heavy atom. The van der Waals surface area contributed by atoms with E-state index in [4.69, 9.17) is 11.6 Å². The number of halogens is 1. The highest BCUT2D eigenvalue weighted by Gasteiger charge is 2.29. The minimum absolute atomic E-state index is 0.0463. The molecular formula is C22H26ClN3O2. The maximum atomic E-state index is 12.5. The van der Waals surface area contributed by atoms with E-state index in [-0.39, 0.29) is 17.7 Å². The number of nitrogens with zero attached hydrogens (tertiary/aromatic N) is 2. The molecule has 28 heavy (non-hydrogen) atoms. The van der Waals surface area contributed by atoms with Crippen molar-refractivity contribution in [2.75, 3.05) is 19.6 Å². The fourth-order valence-electron chi connectivity index (χ4n) is 3.43. The normalized spacial score (nSPS) is 16.8. The molecular weight excluding hydrogens is 374 g/mol. The molecule has 2 amide bonds. The molecule has 1 unspecified atom stereocenters. The first-order valence-electron chi connectivity index (χ1n) is 9.81. The van der Waals surface area contributed by atoms with Crippen molar-refractivity contribution in [3.63, 3.8) is 0 Å². The molecule has 1 fully saturated rings. The van der Waals surface area contributed by atoms with Crippen LogP contribution in [0.5, 0.6) is 0 Å². The fourth-order valence-corrected chi connectivity index (χ4v) is 3.56. The Bertz CT molecular complexity index is 780. The minimum Gasteiger partial charge on any atom is -0.356 e. The molecule has 0 bridgehead atoms. The van der Waals surface area contributed by atoms with E-state index in [1.807, 2.05) is 47.4 Å². The van der Waals surface area contributed by atoms with Gasteiger partial charge in [0.2, 0.25) is 11.8 Å². The Balaban J connectivity index is 1.41. The molecule has 148 valence electrons. The van der Waals surface area contributed by atoms with E-state index < -0.39 is 0 Å². The number of rotatable bonds is 8. The van der Waals surface area contributed by atoms with Crippen molar-refractivity contribution >= 4 is 23.4 Å². The van der Waals surface area contributed by atoms with Crippen LogP contribution in [0.1, 0.15) is 30.5 Å². The number of aromatic nitrogens is 1. The van der Waals surface area contributed by atoms with Crippen LogP contribution in [0.25, 0.3) is 0 Å². The van der Waals surface area contributed by atoms with Gasteiger partial charge in [0, 0.05) is 43.0 Å². The van der Waals surface area contributed by atoms with Crippen molar-refractivity contribution in [3.05, 3.63) is 64.9 Å². The molecule has 3 rings (SSSR count). The maximum Gasteiger partial charge on any atom is 0.224 e. The predicted octanol–water partition coefficient (Wildman–Crippen LogP) is 3.27. The number of carbonyl (C=O) groups is 2. The summed E-state index contributed by atoms with van der Waals surface area (Å²) in [7, 11) is 0. The molecule has 1 saturated heterocycles. The van der Waals surface area contributed by atoms with Gasteiger partial charge in [-0.3, -0.25) is 14.6 Å². The van der Waals surface area contributed by atoms with E-state index in [0.29, 0.717) is 37.5 Å². The summed E-state index contributed by atoms with van der Waals surface area (Å²) in [5.74, 6) is 0.0518. The second kappa shape index (κ2) is 10.2. The quantitative estimate of drug-likeness (QED) is 0.693. The smallest absolute Gasteiger partial charge is 0.224 e. The minimum atomic E-state index is -0.127. The average Bonchev–Trinajstić information content (AvgIpc) is 2.72. The number of piperidine rings is 1. The molecule has 1 aliphatic rings. The molecule has 6 heteroatoms. The van der Waals surface area contributed by atoms with Gasteiger partial charge in [-0.25, -0.2) is 0 Å². The van der Waals surface area contributed by atoms with Crippen LogP contribution in [0.3, 0.4) is 0 Å². The molecule has 0 saturated carbocycles. The van der Waals surface area contributed by atoms with E-state index >= 15 is 0 Å². The van der Waals surface area contributed by atoms with Crippen LogP contribution < -0.4 is 5.32 Å². The molecule has 1 aliphatic heterocycles. The van der Waals surface area contributed by atoms with Crippen LogP contribution >= 0.6 is 11.6 Å². The van der Waals surface area contributed by atoms with Gasteiger partial charge in [0.1, 0.15) is 0 Å². The number of aryl methyl sites for hydroxylation is 1. The van der Waals surface area contributed by atoms with Crippen LogP contribution in [0.15, 0.2) is 48.7 Å². The summed E-state index contributed by atoms with van der Waals surface area (Å²) in [5, 5.41) is 3.72. The topological polar surface area (TPSA) is 62.3 Å². The molecule has 5 nitrogen and oxygen atoms in total. The highest BCUT2D eigenvalue weighted by molar-refractivity contribution is 6.30. The van der Waals surface area contributed by atoms with E-state index in [0.717, 1.165) is 30.5 Å². The Morgan fingerprint density at radius 3 is 2.75 bits per heavy atom. The second-order valence-corrected chi connectivity index (χ2v) is 7.60. The molecule has 2 aromatic rings. The van der Waals surface area contributed by atoms with Crippen LogP contribution in [-0.2, 0) is 22.4 Å². The van der Waals surface area contributed by atoms with Gasteiger partial charge in [-0.05, 0) is 55.5 Å². The number of amides is 2. The first-order valence-corrected chi connectivity index (χ1v) is 10.2. The lowest BCUT2D eigenvalue weighted by Gasteiger charge is -2.32. The van der Waals surface area contributed by atoms with Crippen LogP contribution in [0.4, 0.5) is 0 Å². The number of carbonyl (C=O) groups excluding carboxylic acids is 2. The zero-order chi connectivity index (χ0) is 19.8. The van der Waals surface area contributed by atoms with Crippen LogP contribution in [-0.4, -0.2) is 41.3 Å². The highest BCUT2D eigenvalue weighted by Crippen LogP contribution is 2.19. The van der Waals surface area contributed by atoms with Crippen LogP contribution in [0.2, 0.25) is 5.02 Å². The van der Waals surface area contributed by atoms with Crippen molar-refractivity contribution in [1.29, 1.82) is 0 Å². The van der Waals surface area contributed by atoms with E-state index in [2.05, 4.69) is 10.3 Å². The van der Waals surface area contributed by atoms with Crippen molar-refractivity contribution in [2.24, 2.45) is 5.92 Å². The van der Waals surface area contributed by atoms with Gasteiger partial charge in [0.25, 0.3) is 0 Å². The van der Waals surface area contributed by atoms with Gasteiger partial charge in [-0.2, -0.15) is 0 Å². The standard InChI is InChI=1S/C22H26ClN3O2/c23-19-9-6-17(7-10-19)12-15-26-16-18(8-11-21(26)27)22(28)25-14-3-5-20-4-1-2-13-24-20/h1-2,4,6-7,9-10,13,18H,3,5,8,11-12,14-16H2,(H,25,28). The summed E-state index contributed by atoms with van der Waals surface area (Å²) in [6.07, 6.45) is 5.31. The maximum absolute atomic E-state index is 12.5. The van der Waals surface area contributed by atoms with Gasteiger partial charge in [-0.15, -0.1) is 0 Å². The van der Waals surface area contributed by atoms with Gasteiger partial charge in [0.05, 0.1) is 5.92 Å². The predicted molar refractivity (Wildman–Crippen MR) is 110 cm³/mol. The monoisotopic (exact) mass is 399 g/mol. The Hall–Kier alpha value is -2.40. The lowest BCUT2D eigenvalue weighted by molar-refractivity contribution is -0.138. The summed E-state index contributed by atoms with van der Waals surface area (Å²) < 4.78 is 0. The van der Waals surface area contributed by atoms with Crippen molar-refractivity contribution in [1.82, 2.24) is 15.2 Å². The summed E-state index contributed by atoms with van der Waals surface area (Å²) in [5.41, 5.74) is 2.17. The molecule has 1 aromatic carbocycles. The Kier molecular flexibility index (Phi) is 7.43. The first kappa shape index (κ1) is 20.3. The molecule has 1 aromatic heterocycles. The third kappa shape index (κ3) is 6.06. The number of benzene rings is 1. The Morgan fingerprint density at radius 1 is 1.18 bits per heavy atom. The zero-order valence-corrected chi connectivity index (χ0v) is 16.7. The lowest BCUT2D eigenvalue weighted by Crippen LogP contribution is -2.46. The zero-order valence-electron chi connectivity index (χ0n) is 15.9. The molecule has 0 aliphatic carbocycles. The van der Waals surface area contributed by atoms with Gasteiger partial charge < -0.3 is 10.2 Å². The molecule has 0 spiro atoms. The fraction of sp³-hybridized carbons (Fsp3) is 0.409. The number of pyridine rings is 1. The molecule has 1 N–H and O–H groups in total. The van der Waals surface area contributed by atoms with Gasteiger partial charge >= 0.3 is 0 Å². The van der Waals surface area contributed by atoms with Crippen molar-refractivity contribution < 1.29 is 9.59 Å². The Labute approximate surface area is 171 Å². The first-order chi connectivity index (χ1) is 13.6. The SMILES string of the molecule is O=C(NCCCc1ccccn1)C1CCC(=O)N(CCc2ccc(Cl)cc2)C1. The number of nitrogens with one attached hydrogen (secondary N) is 1.